The van der Waals surface area contributed by atoms with Crippen LogP contribution in [0.3, 0.4) is 0 Å². The highest BCUT2D eigenvalue weighted by atomic mass is 32.1. The Hall–Kier alpha value is -1.14. The van der Waals surface area contributed by atoms with Gasteiger partial charge in [0.2, 0.25) is 5.88 Å². The molecule has 2 fully saturated rings. The second-order valence-electron chi connectivity index (χ2n) is 5.48. The molecule has 1 aromatic heterocycles. The maximum Gasteiger partial charge on any atom is 0.264 e. The predicted octanol–water partition coefficient (Wildman–Crippen LogP) is 1.77. The van der Waals surface area contributed by atoms with Gasteiger partial charge in [0.1, 0.15) is 11.1 Å². The van der Waals surface area contributed by atoms with Crippen molar-refractivity contribution in [1.29, 1.82) is 0 Å². The normalized spacial score (nSPS) is 27.2. The number of hydrogen-bond donors (Lipinski definition) is 2. The average Bonchev–Trinajstić information content (AvgIpc) is 3.14. The van der Waals surface area contributed by atoms with Crippen LogP contribution in [0.2, 0.25) is 0 Å². The van der Waals surface area contributed by atoms with E-state index in [4.69, 9.17) is 16.2 Å². The predicted molar refractivity (Wildman–Crippen MR) is 73.5 cm³/mol. The molecule has 4 N–H and O–H groups in total. The summed E-state index contributed by atoms with van der Waals surface area (Å²) in [6.07, 6.45) is 6.22. The molecule has 1 heterocycles. The second-order valence-corrected chi connectivity index (χ2v) is 6.51. The number of nitrogens with two attached hydrogens (primary N) is 2. The summed E-state index contributed by atoms with van der Waals surface area (Å²) in [5.41, 5.74) is 11.3. The fourth-order valence-electron chi connectivity index (χ4n) is 2.43. The van der Waals surface area contributed by atoms with E-state index in [1.165, 1.54) is 11.3 Å². The number of aromatic nitrogens is 1. The van der Waals surface area contributed by atoms with E-state index >= 15 is 0 Å². The quantitative estimate of drug-likeness (QED) is 0.879. The number of thiazole rings is 1. The molecule has 0 saturated heterocycles. The third-order valence-corrected chi connectivity index (χ3v) is 4.97. The van der Waals surface area contributed by atoms with Gasteiger partial charge in [-0.3, -0.25) is 4.79 Å². The van der Waals surface area contributed by atoms with Crippen LogP contribution in [0, 0.1) is 0 Å². The maximum atomic E-state index is 11.5. The molecular weight excluding hydrogens is 262 g/mol. The van der Waals surface area contributed by atoms with Crippen LogP contribution in [0.5, 0.6) is 5.88 Å². The third-order valence-electron chi connectivity index (χ3n) is 3.76. The molecule has 2 aliphatic rings. The van der Waals surface area contributed by atoms with Crippen molar-refractivity contribution in [3.63, 3.8) is 0 Å². The highest BCUT2D eigenvalue weighted by Gasteiger charge is 2.31. The number of primary amides is 1. The van der Waals surface area contributed by atoms with Crippen molar-refractivity contribution >= 4 is 17.2 Å². The van der Waals surface area contributed by atoms with Crippen LogP contribution >= 0.6 is 11.3 Å². The molecule has 0 aromatic carbocycles. The molecule has 0 aliphatic heterocycles. The smallest absolute Gasteiger partial charge is 0.264 e. The summed E-state index contributed by atoms with van der Waals surface area (Å²) in [5.74, 6) is 0.520. The van der Waals surface area contributed by atoms with Crippen LogP contribution in [-0.4, -0.2) is 23.0 Å². The Morgan fingerprint density at radius 3 is 2.47 bits per heavy atom. The first-order chi connectivity index (χ1) is 9.13. The van der Waals surface area contributed by atoms with Crippen LogP contribution < -0.4 is 16.2 Å². The van der Waals surface area contributed by atoms with E-state index in [2.05, 4.69) is 4.98 Å². The second kappa shape index (κ2) is 5.09. The van der Waals surface area contributed by atoms with Crippen molar-refractivity contribution in [2.24, 2.45) is 11.5 Å². The molecule has 2 aliphatic carbocycles. The van der Waals surface area contributed by atoms with Crippen LogP contribution in [-0.2, 0) is 0 Å². The number of hydrogen-bond acceptors (Lipinski definition) is 5. The summed E-state index contributed by atoms with van der Waals surface area (Å²) in [5, 5.41) is 0.997. The van der Waals surface area contributed by atoms with Crippen LogP contribution in [0.4, 0.5) is 0 Å². The Kier molecular flexibility index (Phi) is 3.45. The molecular formula is C13H19N3O2S. The fraction of sp³-hybridized carbons (Fsp3) is 0.692. The van der Waals surface area contributed by atoms with Gasteiger partial charge in [0.15, 0.2) is 4.88 Å². The summed E-state index contributed by atoms with van der Waals surface area (Å²) in [4.78, 5) is 16.4. The van der Waals surface area contributed by atoms with E-state index in [1.54, 1.807) is 0 Å². The van der Waals surface area contributed by atoms with Crippen LogP contribution in [0.1, 0.15) is 59.1 Å². The number of amides is 1. The largest absolute Gasteiger partial charge is 0.473 e. The van der Waals surface area contributed by atoms with E-state index in [0.717, 1.165) is 43.5 Å². The zero-order valence-electron chi connectivity index (χ0n) is 10.8. The summed E-state index contributed by atoms with van der Waals surface area (Å²) in [6, 6.07) is 0.285. The summed E-state index contributed by atoms with van der Waals surface area (Å²) in [6.45, 7) is 0. The van der Waals surface area contributed by atoms with Gasteiger partial charge in [-0.1, -0.05) is 0 Å². The molecule has 0 radical (unpaired) electrons. The molecule has 6 heteroatoms. The highest BCUT2D eigenvalue weighted by Crippen LogP contribution is 2.44. The van der Waals surface area contributed by atoms with E-state index in [9.17, 15) is 4.79 Å². The Labute approximate surface area is 116 Å². The lowest BCUT2D eigenvalue weighted by Gasteiger charge is -2.26. The van der Waals surface area contributed by atoms with Gasteiger partial charge in [-0.2, -0.15) is 0 Å². The summed E-state index contributed by atoms with van der Waals surface area (Å²) < 4.78 is 5.90. The first kappa shape index (κ1) is 12.9. The van der Waals surface area contributed by atoms with Crippen molar-refractivity contribution in [1.82, 2.24) is 4.98 Å². The van der Waals surface area contributed by atoms with Gasteiger partial charge in [-0.25, -0.2) is 4.98 Å². The Bertz CT molecular complexity index is 476. The third kappa shape index (κ3) is 2.90. The number of carbonyl (C=O) groups is 1. The number of ether oxygens (including phenoxy) is 1. The average molecular weight is 281 g/mol. The topological polar surface area (TPSA) is 91.2 Å². The first-order valence-corrected chi connectivity index (χ1v) is 7.68. The molecule has 104 valence electrons. The molecule has 0 bridgehead atoms. The SMILES string of the molecule is NC(=O)c1sc(C2CC2)nc1OC1CCC(N)CC1. The Morgan fingerprint density at radius 2 is 1.89 bits per heavy atom. The van der Waals surface area contributed by atoms with Crippen molar-refractivity contribution < 1.29 is 9.53 Å². The molecule has 1 amide bonds. The van der Waals surface area contributed by atoms with Crippen molar-refractivity contribution in [2.75, 3.05) is 0 Å². The van der Waals surface area contributed by atoms with Gasteiger partial charge in [0.05, 0.1) is 0 Å². The number of rotatable bonds is 4. The van der Waals surface area contributed by atoms with Crippen molar-refractivity contribution in [2.45, 2.75) is 56.6 Å². The zero-order valence-corrected chi connectivity index (χ0v) is 11.6. The van der Waals surface area contributed by atoms with Gasteiger partial charge in [-0.15, -0.1) is 11.3 Å². The minimum atomic E-state index is -0.438. The Morgan fingerprint density at radius 1 is 1.21 bits per heavy atom. The minimum Gasteiger partial charge on any atom is -0.473 e. The molecule has 2 saturated carbocycles. The standard InChI is InChI=1S/C13H19N3O2S/c14-8-3-5-9(6-4-8)18-12-10(11(15)17)19-13(16-12)7-1-2-7/h7-9H,1-6,14H2,(H2,15,17). The van der Waals surface area contributed by atoms with E-state index < -0.39 is 5.91 Å². The van der Waals surface area contributed by atoms with E-state index in [1.807, 2.05) is 0 Å². The van der Waals surface area contributed by atoms with Gasteiger partial charge in [0.25, 0.3) is 5.91 Å². The molecule has 0 spiro atoms. The van der Waals surface area contributed by atoms with E-state index in [-0.39, 0.29) is 12.1 Å². The van der Waals surface area contributed by atoms with Gasteiger partial charge in [0, 0.05) is 12.0 Å². The lowest BCUT2D eigenvalue weighted by molar-refractivity contribution is 0.0989. The highest BCUT2D eigenvalue weighted by molar-refractivity contribution is 7.14. The molecule has 5 nitrogen and oxygen atoms in total. The maximum absolute atomic E-state index is 11.5. The molecule has 0 atom stereocenters. The lowest BCUT2D eigenvalue weighted by Crippen LogP contribution is -2.32. The monoisotopic (exact) mass is 281 g/mol. The summed E-state index contributed by atoms with van der Waals surface area (Å²) in [7, 11) is 0. The Balaban J connectivity index is 1.73. The van der Waals surface area contributed by atoms with Gasteiger partial charge < -0.3 is 16.2 Å². The lowest BCUT2D eigenvalue weighted by atomic mass is 9.94. The van der Waals surface area contributed by atoms with Crippen LogP contribution in [0.15, 0.2) is 0 Å². The van der Waals surface area contributed by atoms with Crippen molar-refractivity contribution in [3.8, 4) is 5.88 Å². The number of carbonyl (C=O) groups excluding carboxylic acids is 1. The van der Waals surface area contributed by atoms with Crippen molar-refractivity contribution in [3.05, 3.63) is 9.88 Å². The minimum absolute atomic E-state index is 0.118. The van der Waals surface area contributed by atoms with Crippen LogP contribution in [0.25, 0.3) is 0 Å². The molecule has 19 heavy (non-hydrogen) atoms. The number of nitrogens with zero attached hydrogens (tertiary/aromatic N) is 1. The molecule has 0 unspecified atom stereocenters. The fourth-order valence-corrected chi connectivity index (χ4v) is 3.45. The first-order valence-electron chi connectivity index (χ1n) is 6.86. The molecule has 1 aromatic rings. The van der Waals surface area contributed by atoms with Gasteiger partial charge in [-0.05, 0) is 38.5 Å². The van der Waals surface area contributed by atoms with E-state index in [0.29, 0.717) is 16.7 Å². The molecule has 3 rings (SSSR count). The zero-order chi connectivity index (χ0) is 13.4. The summed E-state index contributed by atoms with van der Waals surface area (Å²) >= 11 is 1.39. The van der Waals surface area contributed by atoms with Gasteiger partial charge >= 0.3 is 0 Å².